The first-order chi connectivity index (χ1) is 8.23. The van der Waals surface area contributed by atoms with Crippen molar-refractivity contribution in [2.75, 3.05) is 13.7 Å². The molecule has 0 aliphatic carbocycles. The second-order valence-electron chi connectivity index (χ2n) is 5.33. The van der Waals surface area contributed by atoms with Gasteiger partial charge in [0.05, 0.1) is 17.6 Å². The third kappa shape index (κ3) is 4.64. The van der Waals surface area contributed by atoms with Crippen molar-refractivity contribution in [3.63, 3.8) is 0 Å². The molecule has 0 aromatic heterocycles. The maximum Gasteiger partial charge on any atom is 0.310 e. The Bertz CT molecular complexity index is 295. The predicted octanol–water partition coefficient (Wildman–Crippen LogP) is 1.81. The molecule has 5 heteroatoms. The summed E-state index contributed by atoms with van der Waals surface area (Å²) >= 11 is 0. The molecule has 0 atom stereocenters. The van der Waals surface area contributed by atoms with Gasteiger partial charge in [-0.15, -0.1) is 0 Å². The highest BCUT2D eigenvalue weighted by molar-refractivity contribution is 5.85. The van der Waals surface area contributed by atoms with Crippen LogP contribution < -0.4 is 5.32 Å². The number of ether oxygens (including phenoxy) is 1. The van der Waals surface area contributed by atoms with Crippen LogP contribution >= 0.6 is 0 Å². The van der Waals surface area contributed by atoms with Crippen LogP contribution in [0.2, 0.25) is 0 Å². The number of carboxylic acid groups (broad SMARTS) is 1. The highest BCUT2D eigenvalue weighted by Crippen LogP contribution is 2.31. The van der Waals surface area contributed by atoms with E-state index in [1.54, 1.807) is 21.0 Å². The lowest BCUT2D eigenvalue weighted by atomic mass is 9.79. The van der Waals surface area contributed by atoms with E-state index in [9.17, 15) is 14.7 Å². The molecule has 0 saturated heterocycles. The van der Waals surface area contributed by atoms with Crippen molar-refractivity contribution < 1.29 is 19.4 Å². The van der Waals surface area contributed by atoms with Gasteiger partial charge >= 0.3 is 5.97 Å². The highest BCUT2D eigenvalue weighted by Gasteiger charge is 2.38. The molecule has 18 heavy (non-hydrogen) atoms. The van der Waals surface area contributed by atoms with E-state index in [-0.39, 0.29) is 12.3 Å². The van der Waals surface area contributed by atoms with E-state index in [1.165, 1.54) is 0 Å². The molecular formula is C13H25NO4. The number of methoxy groups -OCH3 is 1. The SMILES string of the molecule is CCC(CC)(CC(=O)NC(C)(C)COC)C(=O)O. The molecule has 0 bridgehead atoms. The van der Waals surface area contributed by atoms with Gasteiger partial charge in [0.2, 0.25) is 5.91 Å². The summed E-state index contributed by atoms with van der Waals surface area (Å²) in [6.07, 6.45) is 0.885. The van der Waals surface area contributed by atoms with E-state index in [0.29, 0.717) is 19.4 Å². The molecule has 0 unspecified atom stereocenters. The van der Waals surface area contributed by atoms with Crippen molar-refractivity contribution in [1.82, 2.24) is 5.32 Å². The topological polar surface area (TPSA) is 75.6 Å². The lowest BCUT2D eigenvalue weighted by molar-refractivity contribution is -0.152. The van der Waals surface area contributed by atoms with Gasteiger partial charge in [0, 0.05) is 13.5 Å². The molecule has 0 radical (unpaired) electrons. The summed E-state index contributed by atoms with van der Waals surface area (Å²) in [6, 6.07) is 0. The van der Waals surface area contributed by atoms with Crippen LogP contribution in [0, 0.1) is 5.41 Å². The van der Waals surface area contributed by atoms with E-state index in [0.717, 1.165) is 0 Å². The fraction of sp³-hybridized carbons (Fsp3) is 0.846. The number of carbonyl (C=O) groups is 2. The molecule has 1 amide bonds. The minimum absolute atomic E-state index is 0.00246. The predicted molar refractivity (Wildman–Crippen MR) is 69.4 cm³/mol. The standard InChI is InChI=1S/C13H25NO4/c1-6-13(7-2,11(16)17)8-10(15)14-12(3,4)9-18-5/h6-9H2,1-5H3,(H,14,15)(H,16,17). The number of rotatable bonds is 8. The maximum absolute atomic E-state index is 11.9. The summed E-state index contributed by atoms with van der Waals surface area (Å²) in [4.78, 5) is 23.2. The van der Waals surface area contributed by atoms with Gasteiger partial charge in [-0.3, -0.25) is 9.59 Å². The summed E-state index contributed by atoms with van der Waals surface area (Å²) in [5.41, 5.74) is -1.45. The van der Waals surface area contributed by atoms with Gasteiger partial charge in [-0.25, -0.2) is 0 Å². The molecule has 106 valence electrons. The summed E-state index contributed by atoms with van der Waals surface area (Å²) in [5, 5.41) is 12.1. The molecule has 0 rings (SSSR count). The number of carbonyl (C=O) groups excluding carboxylic acids is 1. The van der Waals surface area contributed by atoms with Gasteiger partial charge in [0.25, 0.3) is 0 Å². The lowest BCUT2D eigenvalue weighted by Gasteiger charge is -2.30. The first kappa shape index (κ1) is 16.9. The van der Waals surface area contributed by atoms with Crippen LogP contribution in [-0.2, 0) is 14.3 Å². The van der Waals surface area contributed by atoms with Gasteiger partial charge in [0.1, 0.15) is 0 Å². The van der Waals surface area contributed by atoms with Crippen molar-refractivity contribution in [3.8, 4) is 0 Å². The number of aliphatic carboxylic acids is 1. The summed E-state index contributed by atoms with van der Waals surface area (Å²) in [7, 11) is 1.56. The Kier molecular flexibility index (Phi) is 6.32. The Morgan fingerprint density at radius 2 is 1.72 bits per heavy atom. The van der Waals surface area contributed by atoms with Crippen LogP contribution in [0.4, 0.5) is 0 Å². The highest BCUT2D eigenvalue weighted by atomic mass is 16.5. The minimum Gasteiger partial charge on any atom is -0.481 e. The third-order valence-corrected chi connectivity index (χ3v) is 3.29. The number of nitrogens with one attached hydrogen (secondary N) is 1. The number of hydrogen-bond donors (Lipinski definition) is 2. The average Bonchev–Trinajstić information content (AvgIpc) is 2.24. The molecule has 0 aromatic rings. The molecule has 0 spiro atoms. The second-order valence-corrected chi connectivity index (χ2v) is 5.33. The normalized spacial score (nSPS) is 12.3. The summed E-state index contributed by atoms with van der Waals surface area (Å²) in [5.74, 6) is -1.16. The van der Waals surface area contributed by atoms with Crippen molar-refractivity contribution in [2.24, 2.45) is 5.41 Å². The first-order valence-corrected chi connectivity index (χ1v) is 6.26. The van der Waals surface area contributed by atoms with Gasteiger partial charge in [0.15, 0.2) is 0 Å². The Balaban J connectivity index is 4.68. The van der Waals surface area contributed by atoms with E-state index < -0.39 is 16.9 Å². The van der Waals surface area contributed by atoms with Crippen molar-refractivity contribution in [1.29, 1.82) is 0 Å². The van der Waals surface area contributed by atoms with Crippen LogP contribution in [0.5, 0.6) is 0 Å². The molecule has 5 nitrogen and oxygen atoms in total. The van der Waals surface area contributed by atoms with Crippen LogP contribution in [0.15, 0.2) is 0 Å². The van der Waals surface area contributed by atoms with E-state index in [2.05, 4.69) is 5.32 Å². The molecule has 0 saturated carbocycles. The number of carboxylic acids is 1. The second kappa shape index (κ2) is 6.73. The van der Waals surface area contributed by atoms with Gasteiger partial charge in [-0.2, -0.15) is 0 Å². The molecule has 0 heterocycles. The maximum atomic E-state index is 11.9. The zero-order valence-electron chi connectivity index (χ0n) is 12.0. The Morgan fingerprint density at radius 3 is 2.06 bits per heavy atom. The number of amides is 1. The van der Waals surface area contributed by atoms with Crippen LogP contribution in [0.1, 0.15) is 47.0 Å². The summed E-state index contributed by atoms with van der Waals surface area (Å²) in [6.45, 7) is 7.66. The lowest BCUT2D eigenvalue weighted by Crippen LogP contribution is -2.49. The Labute approximate surface area is 109 Å². The molecule has 2 N–H and O–H groups in total. The van der Waals surface area contributed by atoms with Crippen molar-refractivity contribution >= 4 is 11.9 Å². The summed E-state index contributed by atoms with van der Waals surface area (Å²) < 4.78 is 5.01. The van der Waals surface area contributed by atoms with E-state index >= 15 is 0 Å². The molecule has 0 fully saturated rings. The van der Waals surface area contributed by atoms with Crippen LogP contribution in [-0.4, -0.2) is 36.2 Å². The fourth-order valence-corrected chi connectivity index (χ4v) is 2.00. The van der Waals surface area contributed by atoms with E-state index in [1.807, 2.05) is 13.8 Å². The largest absolute Gasteiger partial charge is 0.481 e. The van der Waals surface area contributed by atoms with Crippen molar-refractivity contribution in [2.45, 2.75) is 52.5 Å². The van der Waals surface area contributed by atoms with Crippen LogP contribution in [0.3, 0.4) is 0 Å². The smallest absolute Gasteiger partial charge is 0.310 e. The third-order valence-electron chi connectivity index (χ3n) is 3.29. The fourth-order valence-electron chi connectivity index (χ4n) is 2.00. The number of hydrogen-bond acceptors (Lipinski definition) is 3. The molecule has 0 aromatic carbocycles. The average molecular weight is 259 g/mol. The van der Waals surface area contributed by atoms with Gasteiger partial charge < -0.3 is 15.2 Å². The quantitative estimate of drug-likeness (QED) is 0.697. The zero-order chi connectivity index (χ0) is 14.4. The Morgan fingerprint density at radius 1 is 1.22 bits per heavy atom. The first-order valence-electron chi connectivity index (χ1n) is 6.26. The molecule has 0 aliphatic rings. The zero-order valence-corrected chi connectivity index (χ0v) is 12.0. The van der Waals surface area contributed by atoms with Crippen LogP contribution in [0.25, 0.3) is 0 Å². The van der Waals surface area contributed by atoms with Crippen molar-refractivity contribution in [3.05, 3.63) is 0 Å². The van der Waals surface area contributed by atoms with Gasteiger partial charge in [-0.1, -0.05) is 13.8 Å². The van der Waals surface area contributed by atoms with Gasteiger partial charge in [-0.05, 0) is 26.7 Å². The monoisotopic (exact) mass is 259 g/mol. The minimum atomic E-state index is -0.965. The van der Waals surface area contributed by atoms with E-state index in [4.69, 9.17) is 4.74 Å². The molecule has 0 aliphatic heterocycles. The molecular weight excluding hydrogens is 234 g/mol. The Hall–Kier alpha value is -1.10.